The van der Waals surface area contributed by atoms with Crippen LogP contribution in [0.1, 0.15) is 52.6 Å². The van der Waals surface area contributed by atoms with Gasteiger partial charge in [-0.1, -0.05) is 0 Å². The molecule has 0 radical (unpaired) electrons. The first-order valence-corrected chi connectivity index (χ1v) is 8.01. The normalized spacial score (nSPS) is 21.6. The minimum atomic E-state index is -0.129. The van der Waals surface area contributed by atoms with Gasteiger partial charge in [-0.25, -0.2) is 0 Å². The number of hydrogen-bond donors (Lipinski definition) is 2. The molecule has 5 nitrogen and oxygen atoms in total. The molecule has 21 heavy (non-hydrogen) atoms. The van der Waals surface area contributed by atoms with E-state index >= 15 is 0 Å². The fourth-order valence-corrected chi connectivity index (χ4v) is 3.45. The van der Waals surface area contributed by atoms with Crippen molar-refractivity contribution in [3.8, 4) is 0 Å². The highest BCUT2D eigenvalue weighted by atomic mass is 32.1. The van der Waals surface area contributed by atoms with Gasteiger partial charge in [-0.3, -0.25) is 14.4 Å². The van der Waals surface area contributed by atoms with Crippen molar-refractivity contribution in [1.82, 2.24) is 10.6 Å². The molecule has 1 saturated carbocycles. The van der Waals surface area contributed by atoms with Crippen LogP contribution in [0, 0.1) is 5.92 Å². The van der Waals surface area contributed by atoms with Crippen molar-refractivity contribution >= 4 is 28.9 Å². The monoisotopic (exact) mass is 308 g/mol. The van der Waals surface area contributed by atoms with Gasteiger partial charge < -0.3 is 10.6 Å². The standard InChI is InChI=1S/C15H20N2O3S/c1-9(18)11-7-13(21-8-11)15(20)17-12-5-3-10(4-6-12)14(19)16-2/h7-8,10,12H,3-6H2,1-2H3,(H,16,19)(H,17,20). The van der Waals surface area contributed by atoms with Gasteiger partial charge in [0.2, 0.25) is 5.91 Å². The van der Waals surface area contributed by atoms with Gasteiger partial charge in [0, 0.05) is 30.0 Å². The maximum Gasteiger partial charge on any atom is 0.261 e. The molecule has 0 bridgehead atoms. The van der Waals surface area contributed by atoms with E-state index in [4.69, 9.17) is 0 Å². The van der Waals surface area contributed by atoms with E-state index in [0.29, 0.717) is 10.4 Å². The molecule has 1 aliphatic rings. The van der Waals surface area contributed by atoms with Crippen LogP contribution in [0.3, 0.4) is 0 Å². The topological polar surface area (TPSA) is 75.3 Å². The molecular formula is C15H20N2O3S. The van der Waals surface area contributed by atoms with Crippen LogP contribution in [0.25, 0.3) is 0 Å². The molecule has 114 valence electrons. The number of carbonyl (C=O) groups excluding carboxylic acids is 3. The molecule has 0 aliphatic heterocycles. The van der Waals surface area contributed by atoms with Gasteiger partial charge in [-0.05, 0) is 38.7 Å². The molecule has 1 heterocycles. The zero-order valence-corrected chi connectivity index (χ0v) is 13.1. The van der Waals surface area contributed by atoms with Crippen molar-refractivity contribution in [2.75, 3.05) is 7.05 Å². The smallest absolute Gasteiger partial charge is 0.261 e. The van der Waals surface area contributed by atoms with Crippen molar-refractivity contribution in [3.63, 3.8) is 0 Å². The molecule has 2 N–H and O–H groups in total. The molecular weight excluding hydrogens is 288 g/mol. The second kappa shape index (κ2) is 6.85. The highest BCUT2D eigenvalue weighted by Gasteiger charge is 2.26. The zero-order valence-electron chi connectivity index (χ0n) is 12.3. The molecule has 0 spiro atoms. The summed E-state index contributed by atoms with van der Waals surface area (Å²) < 4.78 is 0. The molecule has 1 aliphatic carbocycles. The largest absolute Gasteiger partial charge is 0.359 e. The fourth-order valence-electron chi connectivity index (χ4n) is 2.60. The van der Waals surface area contributed by atoms with Crippen molar-refractivity contribution in [3.05, 3.63) is 21.9 Å². The fraction of sp³-hybridized carbons (Fsp3) is 0.533. The highest BCUT2D eigenvalue weighted by Crippen LogP contribution is 2.25. The van der Waals surface area contributed by atoms with Gasteiger partial charge in [0.15, 0.2) is 5.78 Å². The summed E-state index contributed by atoms with van der Waals surface area (Å²) in [6.07, 6.45) is 3.23. The second-order valence-corrected chi connectivity index (χ2v) is 6.30. The third-order valence-electron chi connectivity index (χ3n) is 3.91. The van der Waals surface area contributed by atoms with Crippen molar-refractivity contribution in [2.45, 2.75) is 38.6 Å². The van der Waals surface area contributed by atoms with Crippen LogP contribution >= 0.6 is 11.3 Å². The number of amides is 2. The van der Waals surface area contributed by atoms with Gasteiger partial charge >= 0.3 is 0 Å². The van der Waals surface area contributed by atoms with Crippen LogP contribution in [0.4, 0.5) is 0 Å². The van der Waals surface area contributed by atoms with Crippen LogP contribution in [0.5, 0.6) is 0 Å². The number of ketones is 1. The molecule has 2 amide bonds. The molecule has 1 fully saturated rings. The number of thiophene rings is 1. The summed E-state index contributed by atoms with van der Waals surface area (Å²) in [6, 6.07) is 1.75. The lowest BCUT2D eigenvalue weighted by atomic mass is 9.85. The first kappa shape index (κ1) is 15.7. The summed E-state index contributed by atoms with van der Waals surface area (Å²) in [7, 11) is 1.65. The third kappa shape index (κ3) is 3.91. The van der Waals surface area contributed by atoms with Crippen LogP contribution in [0.2, 0.25) is 0 Å². The Morgan fingerprint density at radius 1 is 1.19 bits per heavy atom. The van der Waals surface area contributed by atoms with Crippen LogP contribution < -0.4 is 10.6 Å². The Kier molecular flexibility index (Phi) is 5.12. The van der Waals surface area contributed by atoms with Crippen LogP contribution in [-0.4, -0.2) is 30.7 Å². The lowest BCUT2D eigenvalue weighted by Crippen LogP contribution is -2.40. The molecule has 0 unspecified atom stereocenters. The Morgan fingerprint density at radius 3 is 2.38 bits per heavy atom. The Labute approximate surface area is 128 Å². The van der Waals surface area contributed by atoms with Gasteiger partial charge in [-0.2, -0.15) is 0 Å². The Bertz CT molecular complexity index is 545. The van der Waals surface area contributed by atoms with E-state index in [1.165, 1.54) is 18.3 Å². The average molecular weight is 308 g/mol. The van der Waals surface area contributed by atoms with Crippen molar-refractivity contribution in [2.24, 2.45) is 5.92 Å². The maximum atomic E-state index is 12.1. The third-order valence-corrected chi connectivity index (χ3v) is 4.84. The number of nitrogens with one attached hydrogen (secondary N) is 2. The zero-order chi connectivity index (χ0) is 15.4. The Morgan fingerprint density at radius 2 is 1.86 bits per heavy atom. The van der Waals surface area contributed by atoms with Gasteiger partial charge in [0.25, 0.3) is 5.91 Å². The Hall–Kier alpha value is -1.69. The van der Waals surface area contributed by atoms with Gasteiger partial charge in [0.1, 0.15) is 0 Å². The van der Waals surface area contributed by atoms with E-state index in [1.54, 1.807) is 18.5 Å². The predicted molar refractivity (Wildman–Crippen MR) is 81.6 cm³/mol. The summed E-state index contributed by atoms with van der Waals surface area (Å²) in [5.74, 6) is -0.00869. The lowest BCUT2D eigenvalue weighted by molar-refractivity contribution is -0.125. The molecule has 0 saturated heterocycles. The summed E-state index contributed by atoms with van der Waals surface area (Å²) in [6.45, 7) is 1.49. The van der Waals surface area contributed by atoms with Gasteiger partial charge in [-0.15, -0.1) is 11.3 Å². The minimum absolute atomic E-state index is 0.0311. The van der Waals surface area contributed by atoms with E-state index in [0.717, 1.165) is 25.7 Å². The van der Waals surface area contributed by atoms with Crippen molar-refractivity contribution < 1.29 is 14.4 Å². The molecule has 1 aromatic rings. The van der Waals surface area contributed by atoms with Crippen LogP contribution in [-0.2, 0) is 4.79 Å². The highest BCUT2D eigenvalue weighted by molar-refractivity contribution is 7.12. The molecule has 6 heteroatoms. The molecule has 0 atom stereocenters. The first-order chi connectivity index (χ1) is 10.0. The van der Waals surface area contributed by atoms with E-state index < -0.39 is 0 Å². The molecule has 2 rings (SSSR count). The lowest BCUT2D eigenvalue weighted by Gasteiger charge is -2.27. The first-order valence-electron chi connectivity index (χ1n) is 7.13. The predicted octanol–water partition coefficient (Wildman–Crippen LogP) is 1.99. The van der Waals surface area contributed by atoms with E-state index in [1.807, 2.05) is 0 Å². The summed E-state index contributed by atoms with van der Waals surface area (Å²) >= 11 is 1.29. The van der Waals surface area contributed by atoms with E-state index in [9.17, 15) is 14.4 Å². The molecule has 1 aromatic heterocycles. The Balaban J connectivity index is 1.86. The van der Waals surface area contributed by atoms with E-state index in [2.05, 4.69) is 10.6 Å². The second-order valence-electron chi connectivity index (χ2n) is 5.39. The van der Waals surface area contributed by atoms with Gasteiger partial charge in [0.05, 0.1) is 4.88 Å². The number of hydrogen-bond acceptors (Lipinski definition) is 4. The quantitative estimate of drug-likeness (QED) is 0.835. The number of Topliss-reactive ketones (excluding diaryl/α,β-unsaturated/α-hetero) is 1. The SMILES string of the molecule is CNC(=O)C1CCC(NC(=O)c2cc(C(C)=O)cs2)CC1. The van der Waals surface area contributed by atoms with E-state index in [-0.39, 0.29) is 29.6 Å². The summed E-state index contributed by atoms with van der Waals surface area (Å²) in [4.78, 5) is 35.5. The van der Waals surface area contributed by atoms with Crippen LogP contribution in [0.15, 0.2) is 11.4 Å². The summed E-state index contributed by atoms with van der Waals surface area (Å²) in [5, 5.41) is 7.37. The van der Waals surface area contributed by atoms with Crippen molar-refractivity contribution in [1.29, 1.82) is 0 Å². The summed E-state index contributed by atoms with van der Waals surface area (Å²) in [5.41, 5.74) is 0.577. The minimum Gasteiger partial charge on any atom is -0.359 e. The average Bonchev–Trinajstić information content (AvgIpc) is 2.97. The molecule has 0 aromatic carbocycles. The number of carbonyl (C=O) groups is 3. The number of rotatable bonds is 4. The maximum absolute atomic E-state index is 12.1.